The van der Waals surface area contributed by atoms with E-state index in [0.717, 1.165) is 11.1 Å². The molecule has 1 atom stereocenters. The van der Waals surface area contributed by atoms with Crippen molar-refractivity contribution < 1.29 is 5.11 Å². The van der Waals surface area contributed by atoms with E-state index in [1.54, 1.807) is 11.3 Å². The molecule has 6 heteroatoms. The summed E-state index contributed by atoms with van der Waals surface area (Å²) in [5, 5.41) is 17.5. The van der Waals surface area contributed by atoms with Crippen molar-refractivity contribution in [3.05, 3.63) is 39.4 Å². The largest absolute Gasteiger partial charge is 0.387 e. The third-order valence-electron chi connectivity index (χ3n) is 2.80. The molecule has 2 rings (SSSR count). The normalized spacial score (nSPS) is 12.7. The van der Waals surface area contributed by atoms with Gasteiger partial charge >= 0.3 is 0 Å². The second kappa shape index (κ2) is 6.32. The van der Waals surface area contributed by atoms with Gasteiger partial charge in [0.1, 0.15) is 17.3 Å². The zero-order chi connectivity index (χ0) is 13.8. The molecule has 1 unspecified atom stereocenters. The number of nitrogens with zero attached hydrogens (tertiary/aromatic N) is 2. The van der Waals surface area contributed by atoms with Crippen LogP contribution >= 0.6 is 22.9 Å². The average molecular weight is 298 g/mol. The Morgan fingerprint density at radius 3 is 2.84 bits per heavy atom. The highest BCUT2D eigenvalue weighted by Crippen LogP contribution is 2.28. The molecule has 0 spiro atoms. The van der Waals surface area contributed by atoms with Crippen molar-refractivity contribution in [3.63, 3.8) is 0 Å². The molecule has 4 nitrogen and oxygen atoms in total. The number of anilines is 1. The summed E-state index contributed by atoms with van der Waals surface area (Å²) >= 11 is 7.65. The average Bonchev–Trinajstić information content (AvgIpc) is 2.89. The Labute approximate surface area is 121 Å². The van der Waals surface area contributed by atoms with E-state index in [4.69, 9.17) is 11.6 Å². The van der Waals surface area contributed by atoms with Crippen molar-refractivity contribution in [1.29, 1.82) is 0 Å². The molecule has 2 N–H and O–H groups in total. The lowest BCUT2D eigenvalue weighted by Gasteiger charge is -2.16. The van der Waals surface area contributed by atoms with E-state index < -0.39 is 6.10 Å². The summed E-state index contributed by atoms with van der Waals surface area (Å²) in [5.41, 5.74) is 1.78. The summed E-state index contributed by atoms with van der Waals surface area (Å²) < 4.78 is 0. The lowest BCUT2D eigenvalue weighted by atomic mass is 10.1. The van der Waals surface area contributed by atoms with E-state index in [2.05, 4.69) is 15.3 Å². The van der Waals surface area contributed by atoms with Crippen LogP contribution in [0.25, 0.3) is 0 Å². The molecule has 0 amide bonds. The lowest BCUT2D eigenvalue weighted by Crippen LogP contribution is -2.14. The summed E-state index contributed by atoms with van der Waals surface area (Å²) in [6.45, 7) is 4.46. The summed E-state index contributed by atoms with van der Waals surface area (Å²) in [4.78, 5) is 8.19. The molecule has 0 aliphatic rings. The number of halogens is 1. The van der Waals surface area contributed by atoms with Gasteiger partial charge < -0.3 is 10.4 Å². The maximum absolute atomic E-state index is 10.0. The molecule has 19 heavy (non-hydrogen) atoms. The summed E-state index contributed by atoms with van der Waals surface area (Å²) in [6.07, 6.45) is 0.869. The van der Waals surface area contributed by atoms with Gasteiger partial charge in [-0.25, -0.2) is 9.97 Å². The second-order valence-corrected chi connectivity index (χ2v) is 5.67. The van der Waals surface area contributed by atoms with Crippen LogP contribution in [0.4, 0.5) is 5.82 Å². The number of hydrogen-bond donors (Lipinski definition) is 2. The van der Waals surface area contributed by atoms with Gasteiger partial charge in [0.15, 0.2) is 0 Å². The molecule has 0 fully saturated rings. The van der Waals surface area contributed by atoms with Crippen LogP contribution in [0.3, 0.4) is 0 Å². The van der Waals surface area contributed by atoms with Crippen LogP contribution in [0.15, 0.2) is 23.2 Å². The van der Waals surface area contributed by atoms with Crippen LogP contribution in [0.5, 0.6) is 0 Å². The summed E-state index contributed by atoms with van der Waals surface area (Å²) in [6, 6.07) is 1.91. The van der Waals surface area contributed by atoms with E-state index in [-0.39, 0.29) is 5.92 Å². The molecule has 0 aliphatic heterocycles. The van der Waals surface area contributed by atoms with Crippen molar-refractivity contribution in [1.82, 2.24) is 9.97 Å². The SMILES string of the molecule is CC(C)c1c(Cl)ncnc1NCC(O)c1ccsc1. The van der Waals surface area contributed by atoms with Crippen LogP contribution in [-0.2, 0) is 0 Å². The zero-order valence-corrected chi connectivity index (χ0v) is 12.4. The van der Waals surface area contributed by atoms with Crippen molar-refractivity contribution >= 4 is 28.8 Å². The van der Waals surface area contributed by atoms with Crippen molar-refractivity contribution in [2.24, 2.45) is 0 Å². The molecule has 0 saturated carbocycles. The Kier molecular flexibility index (Phi) is 4.74. The first-order chi connectivity index (χ1) is 9.09. The van der Waals surface area contributed by atoms with Crippen LogP contribution in [-0.4, -0.2) is 21.6 Å². The predicted molar refractivity (Wildman–Crippen MR) is 78.9 cm³/mol. The Bertz CT molecular complexity index is 531. The first-order valence-corrected chi connectivity index (χ1v) is 7.36. The minimum Gasteiger partial charge on any atom is -0.387 e. The third-order valence-corrected chi connectivity index (χ3v) is 3.81. The fourth-order valence-electron chi connectivity index (χ4n) is 1.80. The molecular formula is C13H16ClN3OS. The van der Waals surface area contributed by atoms with Crippen LogP contribution in [0.1, 0.15) is 37.0 Å². The van der Waals surface area contributed by atoms with Gasteiger partial charge in [-0.05, 0) is 28.3 Å². The van der Waals surface area contributed by atoms with Crippen molar-refractivity contribution in [2.75, 3.05) is 11.9 Å². The van der Waals surface area contributed by atoms with E-state index in [9.17, 15) is 5.11 Å². The molecular weight excluding hydrogens is 282 g/mol. The van der Waals surface area contributed by atoms with Gasteiger partial charge in [0, 0.05) is 12.1 Å². The number of aliphatic hydroxyl groups excluding tert-OH is 1. The van der Waals surface area contributed by atoms with Crippen LogP contribution in [0, 0.1) is 0 Å². The van der Waals surface area contributed by atoms with E-state index in [0.29, 0.717) is 17.5 Å². The number of aromatic nitrogens is 2. The number of hydrogen-bond acceptors (Lipinski definition) is 5. The molecule has 0 radical (unpaired) electrons. The maximum atomic E-state index is 10.0. The maximum Gasteiger partial charge on any atom is 0.138 e. The fourth-order valence-corrected chi connectivity index (χ4v) is 2.86. The smallest absolute Gasteiger partial charge is 0.138 e. The Morgan fingerprint density at radius 2 is 2.21 bits per heavy atom. The molecule has 0 aliphatic carbocycles. The highest BCUT2D eigenvalue weighted by Gasteiger charge is 2.15. The van der Waals surface area contributed by atoms with E-state index in [1.807, 2.05) is 30.7 Å². The van der Waals surface area contributed by atoms with Crippen LogP contribution < -0.4 is 5.32 Å². The Hall–Kier alpha value is -1.17. The topological polar surface area (TPSA) is 58.0 Å². The quantitative estimate of drug-likeness (QED) is 0.830. The predicted octanol–water partition coefficient (Wildman–Crippen LogP) is 3.46. The standard InChI is InChI=1S/C13H16ClN3OS/c1-8(2)11-12(14)16-7-17-13(11)15-5-10(18)9-3-4-19-6-9/h3-4,6-8,10,18H,5H2,1-2H3,(H,15,16,17). The molecule has 2 aromatic heterocycles. The van der Waals surface area contributed by atoms with Gasteiger partial charge in [0.05, 0.1) is 6.10 Å². The first kappa shape index (κ1) is 14.2. The van der Waals surface area contributed by atoms with E-state index in [1.165, 1.54) is 6.33 Å². The number of thiophene rings is 1. The molecule has 0 saturated heterocycles. The van der Waals surface area contributed by atoms with Gasteiger partial charge in [-0.15, -0.1) is 0 Å². The van der Waals surface area contributed by atoms with Gasteiger partial charge in [-0.2, -0.15) is 11.3 Å². The Balaban J connectivity index is 2.09. The zero-order valence-electron chi connectivity index (χ0n) is 10.8. The van der Waals surface area contributed by atoms with Crippen molar-refractivity contribution in [2.45, 2.75) is 25.9 Å². The monoisotopic (exact) mass is 297 g/mol. The van der Waals surface area contributed by atoms with Gasteiger partial charge in [-0.3, -0.25) is 0 Å². The van der Waals surface area contributed by atoms with Gasteiger partial charge in [0.2, 0.25) is 0 Å². The van der Waals surface area contributed by atoms with Crippen LogP contribution in [0.2, 0.25) is 5.15 Å². The minimum atomic E-state index is -0.556. The lowest BCUT2D eigenvalue weighted by molar-refractivity contribution is 0.192. The molecule has 2 aromatic rings. The van der Waals surface area contributed by atoms with Gasteiger partial charge in [-0.1, -0.05) is 25.4 Å². The highest BCUT2D eigenvalue weighted by atomic mass is 35.5. The van der Waals surface area contributed by atoms with E-state index >= 15 is 0 Å². The summed E-state index contributed by atoms with van der Waals surface area (Å²) in [7, 11) is 0. The van der Waals surface area contributed by atoms with Crippen molar-refractivity contribution in [3.8, 4) is 0 Å². The highest BCUT2D eigenvalue weighted by molar-refractivity contribution is 7.07. The summed E-state index contributed by atoms with van der Waals surface area (Å²) in [5.74, 6) is 0.902. The molecule has 102 valence electrons. The number of rotatable bonds is 5. The number of nitrogens with one attached hydrogen (secondary N) is 1. The second-order valence-electron chi connectivity index (χ2n) is 4.53. The molecule has 0 aromatic carbocycles. The molecule has 0 bridgehead atoms. The first-order valence-electron chi connectivity index (χ1n) is 6.04. The fraction of sp³-hybridized carbons (Fsp3) is 0.385. The number of aliphatic hydroxyl groups is 1. The Morgan fingerprint density at radius 1 is 1.42 bits per heavy atom. The van der Waals surface area contributed by atoms with Gasteiger partial charge in [0.25, 0.3) is 0 Å². The molecule has 2 heterocycles. The minimum absolute atomic E-state index is 0.217. The third kappa shape index (κ3) is 3.43.